The number of ether oxygens (including phenoxy) is 1. The van der Waals surface area contributed by atoms with Crippen LogP contribution < -0.4 is 5.73 Å². The van der Waals surface area contributed by atoms with E-state index in [1.165, 1.54) is 6.07 Å². The Bertz CT molecular complexity index is 542. The predicted octanol–water partition coefficient (Wildman–Crippen LogP) is 0.999. The van der Waals surface area contributed by atoms with Crippen LogP contribution in [-0.4, -0.2) is 33.0 Å². The zero-order valence-electron chi connectivity index (χ0n) is 9.85. The van der Waals surface area contributed by atoms with Crippen molar-refractivity contribution in [2.45, 2.75) is 6.42 Å². The van der Waals surface area contributed by atoms with E-state index in [1.807, 2.05) is 0 Å². The second-order valence-electron chi connectivity index (χ2n) is 3.85. The summed E-state index contributed by atoms with van der Waals surface area (Å²) >= 11 is 0. The van der Waals surface area contributed by atoms with E-state index in [4.69, 9.17) is 10.5 Å². The Kier molecular flexibility index (Phi) is 4.66. The van der Waals surface area contributed by atoms with E-state index >= 15 is 0 Å². The third-order valence-electron chi connectivity index (χ3n) is 2.13. The summed E-state index contributed by atoms with van der Waals surface area (Å²) in [4.78, 5) is 11.5. The molecule has 0 aliphatic heterocycles. The SMILES string of the molecule is CS(=O)(=O)CCCOC(=O)c1cc(F)ccc1N. The highest BCUT2D eigenvalue weighted by molar-refractivity contribution is 7.90. The molecule has 100 valence electrons. The molecule has 18 heavy (non-hydrogen) atoms. The van der Waals surface area contributed by atoms with Gasteiger partial charge in [0.2, 0.25) is 0 Å². The number of benzene rings is 1. The molecule has 0 radical (unpaired) electrons. The molecule has 1 aromatic carbocycles. The van der Waals surface area contributed by atoms with E-state index in [2.05, 4.69) is 0 Å². The highest BCUT2D eigenvalue weighted by Crippen LogP contribution is 2.14. The summed E-state index contributed by atoms with van der Waals surface area (Å²) < 4.78 is 39.4. The molecule has 0 unspecified atom stereocenters. The lowest BCUT2D eigenvalue weighted by molar-refractivity contribution is 0.0506. The molecular weight excluding hydrogens is 261 g/mol. The van der Waals surface area contributed by atoms with E-state index in [0.29, 0.717) is 0 Å². The fraction of sp³-hybridized carbons (Fsp3) is 0.364. The van der Waals surface area contributed by atoms with Crippen LogP contribution in [0.5, 0.6) is 0 Å². The maximum atomic E-state index is 12.9. The van der Waals surface area contributed by atoms with Gasteiger partial charge in [-0.1, -0.05) is 0 Å². The minimum absolute atomic E-state index is 0.0537. The van der Waals surface area contributed by atoms with Crippen molar-refractivity contribution in [2.75, 3.05) is 24.3 Å². The number of nitrogen functional groups attached to an aromatic ring is 1. The monoisotopic (exact) mass is 275 g/mol. The highest BCUT2D eigenvalue weighted by atomic mass is 32.2. The number of carbonyl (C=O) groups excluding carboxylic acids is 1. The molecule has 7 heteroatoms. The number of halogens is 1. The van der Waals surface area contributed by atoms with E-state index in [1.54, 1.807) is 0 Å². The van der Waals surface area contributed by atoms with Crippen LogP contribution in [0.2, 0.25) is 0 Å². The third kappa shape index (κ3) is 4.70. The average Bonchev–Trinajstić information content (AvgIpc) is 2.26. The van der Waals surface area contributed by atoms with Crippen LogP contribution in [-0.2, 0) is 14.6 Å². The molecule has 1 aromatic rings. The van der Waals surface area contributed by atoms with Crippen molar-refractivity contribution in [1.82, 2.24) is 0 Å². The summed E-state index contributed by atoms with van der Waals surface area (Å²) in [6.45, 7) is -0.0537. The van der Waals surface area contributed by atoms with Crippen LogP contribution in [0.3, 0.4) is 0 Å². The summed E-state index contributed by atoms with van der Waals surface area (Å²) in [7, 11) is -3.08. The fourth-order valence-electron chi connectivity index (χ4n) is 1.27. The standard InChI is InChI=1S/C11H14FNO4S/c1-18(15,16)6-2-5-17-11(14)9-7-8(12)3-4-10(9)13/h3-4,7H,2,5-6,13H2,1H3. The molecule has 2 N–H and O–H groups in total. The summed E-state index contributed by atoms with van der Waals surface area (Å²) in [5, 5.41) is 0. The van der Waals surface area contributed by atoms with Crippen molar-refractivity contribution in [2.24, 2.45) is 0 Å². The van der Waals surface area contributed by atoms with Gasteiger partial charge in [-0.15, -0.1) is 0 Å². The largest absolute Gasteiger partial charge is 0.462 e. The normalized spacial score (nSPS) is 11.2. The van der Waals surface area contributed by atoms with Gasteiger partial charge in [0, 0.05) is 11.9 Å². The maximum Gasteiger partial charge on any atom is 0.340 e. The molecule has 0 atom stereocenters. The Balaban J connectivity index is 2.53. The Morgan fingerprint density at radius 2 is 2.11 bits per heavy atom. The van der Waals surface area contributed by atoms with Crippen LogP contribution in [0.15, 0.2) is 18.2 Å². The topological polar surface area (TPSA) is 86.5 Å². The van der Waals surface area contributed by atoms with Crippen molar-refractivity contribution in [1.29, 1.82) is 0 Å². The van der Waals surface area contributed by atoms with E-state index in [9.17, 15) is 17.6 Å². The number of anilines is 1. The first-order valence-electron chi connectivity index (χ1n) is 5.19. The lowest BCUT2D eigenvalue weighted by Gasteiger charge is -2.06. The Morgan fingerprint density at radius 1 is 1.44 bits per heavy atom. The van der Waals surface area contributed by atoms with Gasteiger partial charge in [0.15, 0.2) is 0 Å². The van der Waals surface area contributed by atoms with Gasteiger partial charge >= 0.3 is 5.97 Å². The van der Waals surface area contributed by atoms with Crippen LogP contribution >= 0.6 is 0 Å². The first-order valence-corrected chi connectivity index (χ1v) is 7.25. The number of esters is 1. The highest BCUT2D eigenvalue weighted by Gasteiger charge is 2.12. The van der Waals surface area contributed by atoms with Crippen LogP contribution in [0.4, 0.5) is 10.1 Å². The number of rotatable bonds is 5. The molecule has 0 aromatic heterocycles. The van der Waals surface area contributed by atoms with E-state index in [-0.39, 0.29) is 30.0 Å². The Morgan fingerprint density at radius 3 is 2.72 bits per heavy atom. The number of carbonyl (C=O) groups is 1. The van der Waals surface area contributed by atoms with Gasteiger partial charge in [0.1, 0.15) is 15.7 Å². The number of hydrogen-bond donors (Lipinski definition) is 1. The summed E-state index contributed by atoms with van der Waals surface area (Å²) in [6, 6.07) is 3.38. The van der Waals surface area contributed by atoms with Gasteiger partial charge in [-0.25, -0.2) is 17.6 Å². The van der Waals surface area contributed by atoms with Gasteiger partial charge in [0.05, 0.1) is 17.9 Å². The third-order valence-corrected chi connectivity index (χ3v) is 3.16. The number of hydrogen-bond acceptors (Lipinski definition) is 5. The molecule has 0 heterocycles. The van der Waals surface area contributed by atoms with Gasteiger partial charge in [0.25, 0.3) is 0 Å². The summed E-state index contributed by atoms with van der Waals surface area (Å²) in [6.07, 6.45) is 1.29. The van der Waals surface area contributed by atoms with Crippen LogP contribution in [0.25, 0.3) is 0 Å². The molecule has 5 nitrogen and oxygen atoms in total. The lowest BCUT2D eigenvalue weighted by Crippen LogP contribution is -2.12. The lowest BCUT2D eigenvalue weighted by atomic mass is 10.2. The Labute approximate surface area is 105 Å². The number of nitrogens with two attached hydrogens (primary N) is 1. The molecule has 0 spiro atoms. The average molecular weight is 275 g/mol. The summed E-state index contributed by atoms with van der Waals surface area (Å²) in [5.41, 5.74) is 5.55. The van der Waals surface area contributed by atoms with Crippen molar-refractivity contribution in [3.63, 3.8) is 0 Å². The van der Waals surface area contributed by atoms with Gasteiger partial charge in [-0.2, -0.15) is 0 Å². The molecule has 1 rings (SSSR count). The smallest absolute Gasteiger partial charge is 0.340 e. The molecule has 0 aliphatic carbocycles. The minimum atomic E-state index is -3.08. The first-order chi connectivity index (χ1) is 8.29. The molecule has 0 saturated carbocycles. The molecular formula is C11H14FNO4S. The summed E-state index contributed by atoms with van der Waals surface area (Å²) in [5.74, 6) is -1.42. The Hall–Kier alpha value is -1.63. The van der Waals surface area contributed by atoms with Crippen molar-refractivity contribution in [3.05, 3.63) is 29.6 Å². The molecule has 0 amide bonds. The van der Waals surface area contributed by atoms with E-state index in [0.717, 1.165) is 18.4 Å². The zero-order chi connectivity index (χ0) is 13.8. The van der Waals surface area contributed by atoms with Gasteiger partial charge in [-0.3, -0.25) is 0 Å². The van der Waals surface area contributed by atoms with Crippen molar-refractivity contribution >= 4 is 21.5 Å². The van der Waals surface area contributed by atoms with Crippen LogP contribution in [0, 0.1) is 5.82 Å². The molecule has 0 bridgehead atoms. The first kappa shape index (κ1) is 14.4. The molecule has 0 saturated heterocycles. The van der Waals surface area contributed by atoms with Crippen LogP contribution in [0.1, 0.15) is 16.8 Å². The number of sulfone groups is 1. The van der Waals surface area contributed by atoms with Gasteiger partial charge in [-0.05, 0) is 24.6 Å². The van der Waals surface area contributed by atoms with E-state index < -0.39 is 21.6 Å². The van der Waals surface area contributed by atoms with Crippen molar-refractivity contribution < 1.29 is 22.3 Å². The van der Waals surface area contributed by atoms with Crippen molar-refractivity contribution in [3.8, 4) is 0 Å². The molecule has 0 fully saturated rings. The zero-order valence-corrected chi connectivity index (χ0v) is 10.7. The molecule has 0 aliphatic rings. The van der Waals surface area contributed by atoms with Gasteiger partial charge < -0.3 is 10.5 Å². The maximum absolute atomic E-state index is 12.9. The predicted molar refractivity (Wildman–Crippen MR) is 65.4 cm³/mol. The fourth-order valence-corrected chi connectivity index (χ4v) is 1.91. The second-order valence-corrected chi connectivity index (χ2v) is 6.11. The quantitative estimate of drug-likeness (QED) is 0.492. The second kappa shape index (κ2) is 5.81. The minimum Gasteiger partial charge on any atom is -0.462 e.